The van der Waals surface area contributed by atoms with Gasteiger partial charge in [-0.2, -0.15) is 0 Å². The Balaban J connectivity index is 1.97. The van der Waals surface area contributed by atoms with E-state index in [0.29, 0.717) is 22.0 Å². The lowest BCUT2D eigenvalue weighted by Crippen LogP contribution is -2.48. The van der Waals surface area contributed by atoms with Crippen LogP contribution in [0.1, 0.15) is 21.5 Å². The topological polar surface area (TPSA) is 87.5 Å². The molecule has 3 aromatic rings. The quantitative estimate of drug-likeness (QED) is 0.671. The summed E-state index contributed by atoms with van der Waals surface area (Å²) < 4.78 is 0. The zero-order chi connectivity index (χ0) is 16.9. The number of phenolic OH excluding ortho intramolecular Hbond substituents is 1. The van der Waals surface area contributed by atoms with E-state index in [1.54, 1.807) is 42.6 Å². The highest BCUT2D eigenvalue weighted by Gasteiger charge is 2.50. The molecule has 4 rings (SSSR count). The Morgan fingerprint density at radius 2 is 1.83 bits per heavy atom. The number of carbonyl (C=O) groups excluding carboxylic acids is 2. The van der Waals surface area contributed by atoms with Crippen molar-refractivity contribution in [3.8, 4) is 5.75 Å². The maximum atomic E-state index is 12.8. The molecule has 0 saturated carbocycles. The van der Waals surface area contributed by atoms with Crippen LogP contribution in [0.4, 0.5) is 0 Å². The van der Waals surface area contributed by atoms with Crippen LogP contribution in [-0.2, 0) is 16.8 Å². The van der Waals surface area contributed by atoms with Gasteiger partial charge in [-0.1, -0.05) is 30.3 Å². The maximum absolute atomic E-state index is 12.8. The second kappa shape index (κ2) is 4.97. The molecule has 2 aromatic carbocycles. The van der Waals surface area contributed by atoms with E-state index in [-0.39, 0.29) is 17.7 Å². The van der Waals surface area contributed by atoms with Crippen molar-refractivity contribution in [3.05, 3.63) is 71.4 Å². The monoisotopic (exact) mass is 319 g/mol. The minimum atomic E-state index is -2.40. The van der Waals surface area contributed by atoms with E-state index < -0.39 is 17.2 Å². The molecule has 0 amide bonds. The normalized spacial score (nSPS) is 20.2. The first-order valence-corrected chi connectivity index (χ1v) is 7.48. The van der Waals surface area contributed by atoms with E-state index >= 15 is 0 Å². The van der Waals surface area contributed by atoms with Crippen molar-refractivity contribution in [1.82, 2.24) is 4.98 Å². The number of phenols is 1. The zero-order valence-electron chi connectivity index (χ0n) is 12.6. The molecular formula is C19H13NO4. The molecule has 0 saturated heterocycles. The van der Waals surface area contributed by atoms with Crippen LogP contribution >= 0.6 is 0 Å². The molecule has 1 heterocycles. The number of benzene rings is 2. The number of carbonyl (C=O) groups is 2. The summed E-state index contributed by atoms with van der Waals surface area (Å²) in [4.78, 5) is 29.6. The van der Waals surface area contributed by atoms with Crippen LogP contribution in [0.5, 0.6) is 5.75 Å². The van der Waals surface area contributed by atoms with Gasteiger partial charge < -0.3 is 10.2 Å². The Hall–Kier alpha value is -3.05. The Kier molecular flexibility index (Phi) is 3.01. The molecule has 1 unspecified atom stereocenters. The number of fused-ring (bicyclic) bond motifs is 2. The first kappa shape index (κ1) is 14.5. The fourth-order valence-electron chi connectivity index (χ4n) is 3.19. The number of nitrogens with zero attached hydrogens (tertiary/aromatic N) is 1. The highest BCUT2D eigenvalue weighted by atomic mass is 16.3. The van der Waals surface area contributed by atoms with Crippen molar-refractivity contribution in [2.45, 2.75) is 12.0 Å². The number of aliphatic hydroxyl groups is 1. The van der Waals surface area contributed by atoms with Crippen molar-refractivity contribution in [2.75, 3.05) is 0 Å². The molecule has 0 bridgehead atoms. The van der Waals surface area contributed by atoms with E-state index in [1.807, 2.05) is 0 Å². The summed E-state index contributed by atoms with van der Waals surface area (Å²) >= 11 is 0. The Morgan fingerprint density at radius 1 is 1.04 bits per heavy atom. The number of pyridine rings is 1. The number of hydrogen-bond donors (Lipinski definition) is 2. The minimum Gasteiger partial charge on any atom is -0.508 e. The summed E-state index contributed by atoms with van der Waals surface area (Å²) in [7, 11) is 0. The van der Waals surface area contributed by atoms with Crippen LogP contribution in [-0.4, -0.2) is 26.8 Å². The van der Waals surface area contributed by atoms with Gasteiger partial charge in [-0.3, -0.25) is 14.6 Å². The third-order valence-corrected chi connectivity index (χ3v) is 4.46. The number of aromatic hydroxyl groups is 1. The average molecular weight is 319 g/mol. The van der Waals surface area contributed by atoms with E-state index in [4.69, 9.17) is 0 Å². The summed E-state index contributed by atoms with van der Waals surface area (Å²) in [5.74, 6) is -1.68. The third-order valence-electron chi connectivity index (χ3n) is 4.46. The third kappa shape index (κ3) is 1.88. The molecule has 5 heteroatoms. The number of Topliss-reactive ketones (excluding diaryl/α,β-unsaturated/α-hetero) is 2. The van der Waals surface area contributed by atoms with Crippen molar-refractivity contribution in [2.24, 2.45) is 0 Å². The fourth-order valence-corrected chi connectivity index (χ4v) is 3.19. The van der Waals surface area contributed by atoms with Crippen molar-refractivity contribution in [3.63, 3.8) is 0 Å². The van der Waals surface area contributed by atoms with E-state index in [1.165, 1.54) is 12.1 Å². The summed E-state index contributed by atoms with van der Waals surface area (Å²) in [6.45, 7) is 0. The molecule has 1 atom stereocenters. The number of ketones is 2. The van der Waals surface area contributed by atoms with Crippen LogP contribution in [0.15, 0.2) is 54.7 Å². The molecular weight excluding hydrogens is 306 g/mol. The zero-order valence-corrected chi connectivity index (χ0v) is 12.6. The molecule has 0 radical (unpaired) electrons. The molecule has 0 fully saturated rings. The van der Waals surface area contributed by atoms with Gasteiger partial charge in [-0.25, -0.2) is 0 Å². The Labute approximate surface area is 137 Å². The van der Waals surface area contributed by atoms with Gasteiger partial charge in [0.15, 0.2) is 5.78 Å². The maximum Gasteiger partial charge on any atom is 0.215 e. The second-order valence-electron chi connectivity index (χ2n) is 5.86. The van der Waals surface area contributed by atoms with Gasteiger partial charge in [0.05, 0.1) is 5.52 Å². The second-order valence-corrected chi connectivity index (χ2v) is 5.86. The van der Waals surface area contributed by atoms with Crippen LogP contribution in [0.3, 0.4) is 0 Å². The highest BCUT2D eigenvalue weighted by molar-refractivity contribution is 6.22. The van der Waals surface area contributed by atoms with E-state index in [2.05, 4.69) is 4.98 Å². The van der Waals surface area contributed by atoms with Crippen molar-refractivity contribution >= 4 is 22.5 Å². The molecule has 0 spiro atoms. The number of rotatable bonds is 1. The molecule has 2 N–H and O–H groups in total. The van der Waals surface area contributed by atoms with Gasteiger partial charge in [0.25, 0.3) is 0 Å². The van der Waals surface area contributed by atoms with Gasteiger partial charge >= 0.3 is 0 Å². The van der Waals surface area contributed by atoms with Crippen LogP contribution in [0.2, 0.25) is 0 Å². The molecule has 24 heavy (non-hydrogen) atoms. The Morgan fingerprint density at radius 3 is 2.67 bits per heavy atom. The molecule has 118 valence electrons. The van der Waals surface area contributed by atoms with Crippen LogP contribution < -0.4 is 0 Å². The van der Waals surface area contributed by atoms with Gasteiger partial charge in [-0.15, -0.1) is 0 Å². The SMILES string of the molecule is O=C1Cc2ccccc2C(=O)C1(O)c1cc2ncccc2cc1O. The lowest BCUT2D eigenvalue weighted by molar-refractivity contribution is -0.133. The van der Waals surface area contributed by atoms with Crippen molar-refractivity contribution in [1.29, 1.82) is 0 Å². The lowest BCUT2D eigenvalue weighted by Gasteiger charge is -2.31. The minimum absolute atomic E-state index is 0.0713. The highest BCUT2D eigenvalue weighted by Crippen LogP contribution is 2.39. The van der Waals surface area contributed by atoms with E-state index in [9.17, 15) is 19.8 Å². The van der Waals surface area contributed by atoms with Crippen molar-refractivity contribution < 1.29 is 19.8 Å². The van der Waals surface area contributed by atoms with Gasteiger partial charge in [0.2, 0.25) is 11.4 Å². The molecule has 0 aliphatic heterocycles. The van der Waals surface area contributed by atoms with Crippen LogP contribution in [0.25, 0.3) is 10.9 Å². The fraction of sp³-hybridized carbons (Fsp3) is 0.105. The Bertz CT molecular complexity index is 1010. The number of aromatic nitrogens is 1. The predicted octanol–water partition coefficient (Wildman–Crippen LogP) is 2.14. The van der Waals surface area contributed by atoms with E-state index in [0.717, 1.165) is 0 Å². The molecule has 5 nitrogen and oxygen atoms in total. The van der Waals surface area contributed by atoms with Gasteiger partial charge in [0, 0.05) is 29.1 Å². The predicted molar refractivity (Wildman–Crippen MR) is 86.8 cm³/mol. The largest absolute Gasteiger partial charge is 0.508 e. The summed E-state index contributed by atoms with van der Waals surface area (Å²) in [6, 6.07) is 12.9. The van der Waals surface area contributed by atoms with Gasteiger partial charge in [0.1, 0.15) is 5.75 Å². The molecule has 1 aliphatic rings. The first-order chi connectivity index (χ1) is 11.5. The molecule has 1 aliphatic carbocycles. The summed E-state index contributed by atoms with van der Waals surface area (Å²) in [5.41, 5.74) is -1.17. The smallest absolute Gasteiger partial charge is 0.215 e. The lowest BCUT2D eigenvalue weighted by atomic mass is 9.74. The standard InChI is InChI=1S/C19H13NO4/c21-16-8-12-5-3-7-20-15(12)10-14(16)19(24)17(22)9-11-4-1-2-6-13(11)18(19)23/h1-8,10,21,24H,9H2. The first-order valence-electron chi connectivity index (χ1n) is 7.48. The number of hydrogen-bond acceptors (Lipinski definition) is 5. The summed E-state index contributed by atoms with van der Waals surface area (Å²) in [6.07, 6.45) is 1.49. The summed E-state index contributed by atoms with van der Waals surface area (Å²) in [5, 5.41) is 21.9. The van der Waals surface area contributed by atoms with Gasteiger partial charge in [-0.05, 0) is 23.8 Å². The van der Waals surface area contributed by atoms with Crippen LogP contribution in [0, 0.1) is 0 Å². The molecule has 1 aromatic heterocycles. The average Bonchev–Trinajstić information content (AvgIpc) is 2.59.